The van der Waals surface area contributed by atoms with Crippen molar-refractivity contribution in [3.63, 3.8) is 0 Å². The summed E-state index contributed by atoms with van der Waals surface area (Å²) in [6, 6.07) is 14.3. The third-order valence-corrected chi connectivity index (χ3v) is 3.37. The van der Waals surface area contributed by atoms with Crippen LogP contribution in [0.5, 0.6) is 0 Å². The highest BCUT2D eigenvalue weighted by Crippen LogP contribution is 2.29. The van der Waals surface area contributed by atoms with E-state index in [4.69, 9.17) is 5.73 Å². The number of fused-ring (bicyclic) bond motifs is 1. The van der Waals surface area contributed by atoms with E-state index in [1.54, 1.807) is 22.6 Å². The van der Waals surface area contributed by atoms with Crippen molar-refractivity contribution < 1.29 is 9.90 Å². The summed E-state index contributed by atoms with van der Waals surface area (Å²) in [6.07, 6.45) is 0. The summed E-state index contributed by atoms with van der Waals surface area (Å²) >= 11 is 0. The van der Waals surface area contributed by atoms with Gasteiger partial charge in [0.1, 0.15) is 11.3 Å². The number of aromatic nitrogens is 2. The highest BCUT2D eigenvalue weighted by molar-refractivity contribution is 5.88. The van der Waals surface area contributed by atoms with Crippen LogP contribution in [0.15, 0.2) is 48.5 Å². The quantitative estimate of drug-likeness (QED) is 0.773. The standard InChI is InChI=1S/C16H15N3O2/c1-10(17)14-15(11-6-3-2-4-7-11)19-12(16(20)21)8-5-9-13(19)18-14/h2-10H,17H2,1H3,(H,20,21). The Bertz CT molecular complexity index is 807. The van der Waals surface area contributed by atoms with Crippen molar-refractivity contribution in [3.05, 3.63) is 59.9 Å². The highest BCUT2D eigenvalue weighted by atomic mass is 16.4. The number of rotatable bonds is 3. The van der Waals surface area contributed by atoms with E-state index in [2.05, 4.69) is 4.98 Å². The number of hydrogen-bond acceptors (Lipinski definition) is 3. The first-order valence-electron chi connectivity index (χ1n) is 6.65. The van der Waals surface area contributed by atoms with Crippen LogP contribution in [-0.4, -0.2) is 20.5 Å². The molecule has 2 aromatic heterocycles. The zero-order valence-corrected chi connectivity index (χ0v) is 11.5. The number of nitrogens with two attached hydrogens (primary N) is 1. The Balaban J connectivity index is 2.44. The lowest BCUT2D eigenvalue weighted by atomic mass is 10.1. The van der Waals surface area contributed by atoms with Crippen molar-refractivity contribution in [2.45, 2.75) is 13.0 Å². The molecule has 21 heavy (non-hydrogen) atoms. The van der Waals surface area contributed by atoms with Gasteiger partial charge in [0, 0.05) is 11.6 Å². The third-order valence-electron chi connectivity index (χ3n) is 3.37. The van der Waals surface area contributed by atoms with Crippen molar-refractivity contribution in [3.8, 4) is 11.3 Å². The predicted octanol–water partition coefficient (Wildman–Crippen LogP) is 2.72. The molecule has 0 spiro atoms. The molecule has 0 aliphatic heterocycles. The molecule has 3 aromatic rings. The number of benzene rings is 1. The first-order valence-corrected chi connectivity index (χ1v) is 6.65. The molecule has 1 atom stereocenters. The molecule has 2 heterocycles. The molecule has 1 aromatic carbocycles. The molecule has 106 valence electrons. The van der Waals surface area contributed by atoms with Gasteiger partial charge in [0.15, 0.2) is 0 Å². The lowest BCUT2D eigenvalue weighted by Crippen LogP contribution is -2.09. The van der Waals surface area contributed by atoms with Crippen LogP contribution in [0, 0.1) is 0 Å². The molecule has 0 saturated carbocycles. The van der Waals surface area contributed by atoms with Gasteiger partial charge in [-0.2, -0.15) is 0 Å². The number of imidazole rings is 1. The maximum Gasteiger partial charge on any atom is 0.352 e. The van der Waals surface area contributed by atoms with E-state index in [0.29, 0.717) is 11.3 Å². The fourth-order valence-electron chi connectivity index (χ4n) is 2.47. The second kappa shape index (κ2) is 5.03. The SMILES string of the molecule is CC(N)c1nc2cccc(C(=O)O)n2c1-c1ccccc1. The van der Waals surface area contributed by atoms with Crippen LogP contribution in [0.2, 0.25) is 0 Å². The van der Waals surface area contributed by atoms with Crippen LogP contribution in [0.3, 0.4) is 0 Å². The van der Waals surface area contributed by atoms with Gasteiger partial charge in [0.05, 0.1) is 11.4 Å². The molecule has 0 fully saturated rings. The number of carbonyl (C=O) groups is 1. The van der Waals surface area contributed by atoms with Gasteiger partial charge < -0.3 is 10.8 Å². The average molecular weight is 281 g/mol. The number of aromatic carboxylic acids is 1. The summed E-state index contributed by atoms with van der Waals surface area (Å²) < 4.78 is 1.65. The minimum atomic E-state index is -0.994. The topological polar surface area (TPSA) is 80.6 Å². The molecule has 1 unspecified atom stereocenters. The minimum absolute atomic E-state index is 0.172. The summed E-state index contributed by atoms with van der Waals surface area (Å²) in [4.78, 5) is 16.0. The molecule has 0 bridgehead atoms. The predicted molar refractivity (Wildman–Crippen MR) is 80.2 cm³/mol. The monoisotopic (exact) mass is 281 g/mol. The number of nitrogens with zero attached hydrogens (tertiary/aromatic N) is 2. The van der Waals surface area contributed by atoms with E-state index >= 15 is 0 Å². The number of pyridine rings is 1. The third kappa shape index (κ3) is 2.17. The molecule has 5 nitrogen and oxygen atoms in total. The molecular formula is C16H15N3O2. The van der Waals surface area contributed by atoms with Gasteiger partial charge >= 0.3 is 5.97 Å². The Kier molecular flexibility index (Phi) is 3.19. The van der Waals surface area contributed by atoms with Crippen LogP contribution in [0.4, 0.5) is 0 Å². The molecule has 0 aliphatic rings. The minimum Gasteiger partial charge on any atom is -0.477 e. The second-order valence-corrected chi connectivity index (χ2v) is 4.91. The van der Waals surface area contributed by atoms with Crippen molar-refractivity contribution >= 4 is 11.6 Å². The Morgan fingerprint density at radius 2 is 1.90 bits per heavy atom. The van der Waals surface area contributed by atoms with Gasteiger partial charge in [-0.3, -0.25) is 4.40 Å². The van der Waals surface area contributed by atoms with Crippen LogP contribution in [0.25, 0.3) is 16.9 Å². The first-order chi connectivity index (χ1) is 10.1. The van der Waals surface area contributed by atoms with Gasteiger partial charge in [-0.15, -0.1) is 0 Å². The van der Waals surface area contributed by atoms with Crippen LogP contribution in [-0.2, 0) is 0 Å². The van der Waals surface area contributed by atoms with E-state index in [1.807, 2.05) is 37.3 Å². The maximum atomic E-state index is 11.5. The second-order valence-electron chi connectivity index (χ2n) is 4.91. The van der Waals surface area contributed by atoms with E-state index in [-0.39, 0.29) is 11.7 Å². The van der Waals surface area contributed by atoms with E-state index in [9.17, 15) is 9.90 Å². The summed E-state index contributed by atoms with van der Waals surface area (Å²) in [6.45, 7) is 1.84. The van der Waals surface area contributed by atoms with Crippen LogP contribution < -0.4 is 5.73 Å². The van der Waals surface area contributed by atoms with Crippen molar-refractivity contribution in [2.75, 3.05) is 0 Å². The number of carboxylic acids is 1. The fourth-order valence-corrected chi connectivity index (χ4v) is 2.47. The van der Waals surface area contributed by atoms with Crippen molar-refractivity contribution in [1.82, 2.24) is 9.38 Å². The van der Waals surface area contributed by atoms with Gasteiger partial charge in [-0.05, 0) is 19.1 Å². The molecule has 3 rings (SSSR count). The van der Waals surface area contributed by atoms with Gasteiger partial charge in [0.2, 0.25) is 0 Å². The largest absolute Gasteiger partial charge is 0.477 e. The molecule has 0 saturated heterocycles. The van der Waals surface area contributed by atoms with Gasteiger partial charge in [-0.1, -0.05) is 36.4 Å². The highest BCUT2D eigenvalue weighted by Gasteiger charge is 2.20. The molecule has 0 aliphatic carbocycles. The average Bonchev–Trinajstić information content (AvgIpc) is 2.87. The fraction of sp³-hybridized carbons (Fsp3) is 0.125. The first kappa shape index (κ1) is 13.3. The van der Waals surface area contributed by atoms with Gasteiger partial charge in [-0.25, -0.2) is 9.78 Å². The van der Waals surface area contributed by atoms with E-state index in [1.165, 1.54) is 0 Å². The summed E-state index contributed by atoms with van der Waals surface area (Å²) in [5, 5.41) is 9.42. The molecule has 5 heteroatoms. The molecule has 3 N–H and O–H groups in total. The smallest absolute Gasteiger partial charge is 0.352 e. The normalized spacial score (nSPS) is 12.5. The molecule has 0 radical (unpaired) electrons. The van der Waals surface area contributed by atoms with Gasteiger partial charge in [0.25, 0.3) is 0 Å². The molecule has 0 amide bonds. The molecular weight excluding hydrogens is 266 g/mol. The summed E-state index contributed by atoms with van der Waals surface area (Å²) in [5.41, 5.74) is 9.09. The summed E-state index contributed by atoms with van der Waals surface area (Å²) in [7, 11) is 0. The Morgan fingerprint density at radius 3 is 2.52 bits per heavy atom. The van der Waals surface area contributed by atoms with E-state index in [0.717, 1.165) is 11.3 Å². The lowest BCUT2D eigenvalue weighted by molar-refractivity contribution is 0.0689. The lowest BCUT2D eigenvalue weighted by Gasteiger charge is -2.09. The Labute approximate surface area is 121 Å². The zero-order valence-electron chi connectivity index (χ0n) is 11.5. The number of hydrogen-bond donors (Lipinski definition) is 2. The number of carboxylic acid groups (broad SMARTS) is 1. The Morgan fingerprint density at radius 1 is 1.19 bits per heavy atom. The van der Waals surface area contributed by atoms with E-state index < -0.39 is 5.97 Å². The van der Waals surface area contributed by atoms with Crippen molar-refractivity contribution in [2.24, 2.45) is 5.73 Å². The summed E-state index contributed by atoms with van der Waals surface area (Å²) in [5.74, 6) is -0.994. The maximum absolute atomic E-state index is 11.5. The zero-order chi connectivity index (χ0) is 15.0. The van der Waals surface area contributed by atoms with Crippen LogP contribution >= 0.6 is 0 Å². The van der Waals surface area contributed by atoms with Crippen LogP contribution in [0.1, 0.15) is 29.1 Å². The Hall–Kier alpha value is -2.66. The van der Waals surface area contributed by atoms with Crippen molar-refractivity contribution in [1.29, 1.82) is 0 Å².